The van der Waals surface area contributed by atoms with Crippen molar-refractivity contribution in [2.24, 2.45) is 11.0 Å². The first-order chi connectivity index (χ1) is 8.61. The summed E-state index contributed by atoms with van der Waals surface area (Å²) in [6.45, 7) is 2.99. The SMILES string of the molecule is Cc1cc(Br)ccc1N1CC(CN=[N+]=[N-])CC1=O. The maximum atomic E-state index is 12.0. The lowest BCUT2D eigenvalue weighted by Crippen LogP contribution is -2.25. The van der Waals surface area contributed by atoms with Gasteiger partial charge in [-0.05, 0) is 42.1 Å². The number of rotatable bonds is 3. The number of anilines is 1. The highest BCUT2D eigenvalue weighted by molar-refractivity contribution is 9.10. The van der Waals surface area contributed by atoms with Crippen LogP contribution in [0.2, 0.25) is 0 Å². The molecule has 0 aromatic heterocycles. The molecule has 1 aliphatic rings. The topological polar surface area (TPSA) is 69.1 Å². The van der Waals surface area contributed by atoms with Crippen LogP contribution in [0.3, 0.4) is 0 Å². The van der Waals surface area contributed by atoms with Crippen LogP contribution in [-0.2, 0) is 4.79 Å². The van der Waals surface area contributed by atoms with Gasteiger partial charge in [-0.3, -0.25) is 4.79 Å². The standard InChI is InChI=1S/C12H13BrN4O/c1-8-4-10(13)2-3-11(8)17-7-9(5-12(17)18)6-15-16-14/h2-4,9H,5-7H2,1H3. The minimum Gasteiger partial charge on any atom is -0.312 e. The molecular weight excluding hydrogens is 296 g/mol. The van der Waals surface area contributed by atoms with Gasteiger partial charge in [-0.15, -0.1) is 0 Å². The summed E-state index contributed by atoms with van der Waals surface area (Å²) < 4.78 is 1.00. The molecule has 0 saturated carbocycles. The number of aryl methyl sites for hydroxylation is 1. The molecule has 0 N–H and O–H groups in total. The summed E-state index contributed by atoms with van der Waals surface area (Å²) in [6.07, 6.45) is 0.453. The van der Waals surface area contributed by atoms with Crippen molar-refractivity contribution in [1.29, 1.82) is 0 Å². The van der Waals surface area contributed by atoms with E-state index in [0.29, 0.717) is 19.5 Å². The van der Waals surface area contributed by atoms with E-state index in [1.165, 1.54) is 0 Å². The third-order valence-corrected chi connectivity index (χ3v) is 3.55. The summed E-state index contributed by atoms with van der Waals surface area (Å²) in [5.74, 6) is 0.218. The number of benzene rings is 1. The monoisotopic (exact) mass is 308 g/mol. The van der Waals surface area contributed by atoms with Crippen LogP contribution in [0.15, 0.2) is 27.8 Å². The maximum Gasteiger partial charge on any atom is 0.227 e. The number of carbonyl (C=O) groups is 1. The molecule has 0 radical (unpaired) electrons. The lowest BCUT2D eigenvalue weighted by molar-refractivity contribution is -0.117. The van der Waals surface area contributed by atoms with Crippen LogP contribution in [0.5, 0.6) is 0 Å². The Hall–Kier alpha value is -1.52. The van der Waals surface area contributed by atoms with Crippen molar-refractivity contribution in [1.82, 2.24) is 0 Å². The van der Waals surface area contributed by atoms with Gasteiger partial charge >= 0.3 is 0 Å². The number of halogens is 1. The summed E-state index contributed by atoms with van der Waals surface area (Å²) in [4.78, 5) is 16.5. The van der Waals surface area contributed by atoms with E-state index < -0.39 is 0 Å². The highest BCUT2D eigenvalue weighted by atomic mass is 79.9. The van der Waals surface area contributed by atoms with E-state index in [0.717, 1.165) is 15.7 Å². The highest BCUT2D eigenvalue weighted by Crippen LogP contribution is 2.29. The Kier molecular flexibility index (Phi) is 3.89. The zero-order valence-corrected chi connectivity index (χ0v) is 11.6. The average molecular weight is 309 g/mol. The third-order valence-electron chi connectivity index (χ3n) is 3.06. The molecule has 1 amide bonds. The van der Waals surface area contributed by atoms with Crippen LogP contribution in [0, 0.1) is 12.8 Å². The molecule has 18 heavy (non-hydrogen) atoms. The Morgan fingerprint density at radius 3 is 3.06 bits per heavy atom. The minimum absolute atomic E-state index is 0.0959. The van der Waals surface area contributed by atoms with Gasteiger partial charge in [-0.2, -0.15) is 0 Å². The summed E-state index contributed by atoms with van der Waals surface area (Å²) in [5, 5.41) is 3.55. The van der Waals surface area contributed by atoms with Crippen molar-refractivity contribution in [3.8, 4) is 0 Å². The fourth-order valence-electron chi connectivity index (χ4n) is 2.21. The summed E-state index contributed by atoms with van der Waals surface area (Å²) in [5.41, 5.74) is 10.3. The summed E-state index contributed by atoms with van der Waals surface area (Å²) in [7, 11) is 0. The lowest BCUT2D eigenvalue weighted by atomic mass is 10.1. The molecule has 0 aliphatic carbocycles. The number of hydrogen-bond donors (Lipinski definition) is 0. The smallest absolute Gasteiger partial charge is 0.227 e. The Labute approximate surface area is 114 Å². The van der Waals surface area contributed by atoms with Gasteiger partial charge in [-0.25, -0.2) is 0 Å². The van der Waals surface area contributed by atoms with Crippen LogP contribution >= 0.6 is 15.9 Å². The quantitative estimate of drug-likeness (QED) is 0.479. The first-order valence-corrected chi connectivity index (χ1v) is 6.48. The van der Waals surface area contributed by atoms with Crippen molar-refractivity contribution in [3.05, 3.63) is 38.7 Å². The number of amides is 1. The summed E-state index contributed by atoms with van der Waals surface area (Å²) in [6, 6.07) is 5.85. The molecular formula is C12H13BrN4O. The molecule has 1 aliphatic heterocycles. The molecule has 1 atom stereocenters. The Bertz CT molecular complexity index is 525. The number of carbonyl (C=O) groups excluding carboxylic acids is 1. The molecule has 2 rings (SSSR count). The molecule has 1 aromatic carbocycles. The Morgan fingerprint density at radius 1 is 1.61 bits per heavy atom. The van der Waals surface area contributed by atoms with Gasteiger partial charge in [0.2, 0.25) is 5.91 Å². The van der Waals surface area contributed by atoms with E-state index >= 15 is 0 Å². The van der Waals surface area contributed by atoms with Crippen molar-refractivity contribution < 1.29 is 4.79 Å². The molecule has 5 nitrogen and oxygen atoms in total. The minimum atomic E-state index is 0.0959. The molecule has 94 valence electrons. The van der Waals surface area contributed by atoms with E-state index in [2.05, 4.69) is 26.0 Å². The average Bonchev–Trinajstić information content (AvgIpc) is 2.68. The van der Waals surface area contributed by atoms with Gasteiger partial charge in [0.25, 0.3) is 0 Å². The Balaban J connectivity index is 2.18. The molecule has 1 aromatic rings. The van der Waals surface area contributed by atoms with E-state index in [1.807, 2.05) is 25.1 Å². The molecule has 6 heteroatoms. The molecule has 1 fully saturated rings. The van der Waals surface area contributed by atoms with E-state index in [-0.39, 0.29) is 11.8 Å². The van der Waals surface area contributed by atoms with Crippen LogP contribution < -0.4 is 4.90 Å². The number of azide groups is 1. The number of nitrogens with zero attached hydrogens (tertiary/aromatic N) is 4. The number of hydrogen-bond acceptors (Lipinski definition) is 2. The van der Waals surface area contributed by atoms with Gasteiger partial charge in [0.1, 0.15) is 0 Å². The fourth-order valence-corrected chi connectivity index (χ4v) is 2.69. The third kappa shape index (κ3) is 2.66. The van der Waals surface area contributed by atoms with Crippen molar-refractivity contribution in [2.45, 2.75) is 13.3 Å². The molecule has 0 bridgehead atoms. The normalized spacial score (nSPS) is 18.9. The van der Waals surface area contributed by atoms with Crippen molar-refractivity contribution in [2.75, 3.05) is 18.0 Å². The predicted octanol–water partition coefficient (Wildman–Crippen LogP) is 3.42. The van der Waals surface area contributed by atoms with Gasteiger partial charge in [-0.1, -0.05) is 21.0 Å². The first kappa shape index (κ1) is 12.9. The van der Waals surface area contributed by atoms with Gasteiger partial charge < -0.3 is 4.90 Å². The lowest BCUT2D eigenvalue weighted by Gasteiger charge is -2.19. The van der Waals surface area contributed by atoms with Crippen molar-refractivity contribution >= 4 is 27.5 Å². The molecule has 1 unspecified atom stereocenters. The van der Waals surface area contributed by atoms with E-state index in [4.69, 9.17) is 5.53 Å². The van der Waals surface area contributed by atoms with Gasteiger partial charge in [0, 0.05) is 34.6 Å². The van der Waals surface area contributed by atoms with Gasteiger partial charge in [0.15, 0.2) is 0 Å². The van der Waals surface area contributed by atoms with Crippen LogP contribution in [0.25, 0.3) is 10.4 Å². The largest absolute Gasteiger partial charge is 0.312 e. The zero-order valence-electron chi connectivity index (χ0n) is 10.0. The second kappa shape index (κ2) is 5.42. The van der Waals surface area contributed by atoms with Crippen LogP contribution in [0.1, 0.15) is 12.0 Å². The molecule has 1 heterocycles. The van der Waals surface area contributed by atoms with Crippen LogP contribution in [-0.4, -0.2) is 19.0 Å². The molecule has 0 spiro atoms. The second-order valence-corrected chi connectivity index (χ2v) is 5.33. The van der Waals surface area contributed by atoms with Crippen molar-refractivity contribution in [3.63, 3.8) is 0 Å². The van der Waals surface area contributed by atoms with Crippen LogP contribution in [0.4, 0.5) is 5.69 Å². The molecule has 1 saturated heterocycles. The van der Waals surface area contributed by atoms with E-state index in [1.54, 1.807) is 4.90 Å². The fraction of sp³-hybridized carbons (Fsp3) is 0.417. The van der Waals surface area contributed by atoms with Gasteiger partial charge in [0.05, 0.1) is 0 Å². The first-order valence-electron chi connectivity index (χ1n) is 5.69. The predicted molar refractivity (Wildman–Crippen MR) is 73.4 cm³/mol. The maximum absolute atomic E-state index is 12.0. The zero-order chi connectivity index (χ0) is 13.1. The summed E-state index contributed by atoms with van der Waals surface area (Å²) >= 11 is 3.41. The second-order valence-electron chi connectivity index (χ2n) is 4.42. The Morgan fingerprint density at radius 2 is 2.39 bits per heavy atom. The highest BCUT2D eigenvalue weighted by Gasteiger charge is 2.30. The van der Waals surface area contributed by atoms with E-state index in [9.17, 15) is 4.79 Å².